The van der Waals surface area contributed by atoms with Crippen LogP contribution in [0.5, 0.6) is 0 Å². The average molecular weight is 565 g/mol. The zero-order valence-corrected chi connectivity index (χ0v) is 24.3. The Morgan fingerprint density at radius 3 is 2.37 bits per heavy atom. The summed E-state index contributed by atoms with van der Waals surface area (Å²) in [6, 6.07) is 9.61. The van der Waals surface area contributed by atoms with E-state index in [-0.39, 0.29) is 17.8 Å². The number of hydrogen-bond acceptors (Lipinski definition) is 4. The van der Waals surface area contributed by atoms with Gasteiger partial charge in [-0.2, -0.15) is 8.78 Å². The van der Waals surface area contributed by atoms with Gasteiger partial charge in [0.15, 0.2) is 0 Å². The largest absolute Gasteiger partial charge is 0.353 e. The number of hydrogen-bond donors (Lipinski definition) is 1. The number of benzene rings is 1. The maximum Gasteiger partial charge on any atom is 0.321 e. The molecule has 1 aliphatic heterocycles. The minimum atomic E-state index is -2.69. The fourth-order valence-electron chi connectivity index (χ4n) is 5.45. The molecule has 7 rings (SSSR count). The van der Waals surface area contributed by atoms with Gasteiger partial charge in [0.05, 0.1) is 0 Å². The van der Waals surface area contributed by atoms with Gasteiger partial charge in [0.25, 0.3) is 5.56 Å². The molecule has 220 valence electrons. The highest BCUT2D eigenvalue weighted by Crippen LogP contribution is 2.43. The van der Waals surface area contributed by atoms with Crippen molar-refractivity contribution in [2.75, 3.05) is 13.1 Å². The number of aromatic nitrogens is 5. The molecular formula is C32H42F2N6O. The molecule has 0 amide bonds. The van der Waals surface area contributed by atoms with Crippen molar-refractivity contribution >= 4 is 10.9 Å². The standard InChI is InChI=1S/C26H28F2N6O.C4H8.C2H6/c27-26(28)34-16-29-31-23(34)12-17-5-4-6-20(11-17)33-15-22(18-7-8-18)21-13-19(30-24(21)25(33)35)14-32-9-2-1-3-10-32;1-2-4-3-1;1-2/h4-6,11,13,15-16,18,26,30H,1-3,7-10,12,14H2;1-4H2;1-2H3. The van der Waals surface area contributed by atoms with Crippen LogP contribution in [0.4, 0.5) is 8.78 Å². The first-order chi connectivity index (χ1) is 20.1. The molecule has 0 spiro atoms. The summed E-state index contributed by atoms with van der Waals surface area (Å²) in [5, 5.41) is 8.50. The van der Waals surface area contributed by atoms with Crippen LogP contribution < -0.4 is 5.56 Å². The molecule has 7 nitrogen and oxygen atoms in total. The summed E-state index contributed by atoms with van der Waals surface area (Å²) in [6.45, 7) is 4.34. The lowest BCUT2D eigenvalue weighted by atomic mass is 10.0. The number of rotatable bonds is 7. The summed E-state index contributed by atoms with van der Waals surface area (Å²) >= 11 is 0. The van der Waals surface area contributed by atoms with E-state index in [1.165, 1.54) is 50.5 Å². The Labute approximate surface area is 240 Å². The summed E-state index contributed by atoms with van der Waals surface area (Å²) in [5.74, 6) is 0.654. The molecule has 4 aromatic rings. The lowest BCUT2D eigenvalue weighted by Gasteiger charge is -2.25. The molecule has 3 aromatic heterocycles. The van der Waals surface area contributed by atoms with Crippen LogP contribution in [0.1, 0.15) is 107 Å². The topological polar surface area (TPSA) is 71.7 Å². The van der Waals surface area contributed by atoms with Crippen LogP contribution >= 0.6 is 0 Å². The fraction of sp³-hybridized carbons (Fsp3) is 0.531. The van der Waals surface area contributed by atoms with E-state index in [2.05, 4.69) is 26.1 Å². The Kier molecular flexibility index (Phi) is 9.64. The van der Waals surface area contributed by atoms with Gasteiger partial charge >= 0.3 is 6.55 Å². The molecule has 41 heavy (non-hydrogen) atoms. The minimum absolute atomic E-state index is 0.0952. The predicted octanol–water partition coefficient (Wildman–Crippen LogP) is 7.35. The zero-order chi connectivity index (χ0) is 28.8. The molecule has 2 aliphatic carbocycles. The van der Waals surface area contributed by atoms with E-state index < -0.39 is 6.55 Å². The number of fused-ring (bicyclic) bond motifs is 1. The number of nitrogens with zero attached hydrogens (tertiary/aromatic N) is 5. The molecule has 9 heteroatoms. The van der Waals surface area contributed by atoms with Gasteiger partial charge in [-0.25, -0.2) is 0 Å². The molecule has 1 aromatic carbocycles. The third-order valence-electron chi connectivity index (χ3n) is 8.15. The summed E-state index contributed by atoms with van der Waals surface area (Å²) < 4.78 is 28.9. The summed E-state index contributed by atoms with van der Waals surface area (Å²) in [6.07, 6.45) is 15.2. The number of aromatic amines is 1. The van der Waals surface area contributed by atoms with E-state index in [0.29, 0.717) is 17.1 Å². The van der Waals surface area contributed by atoms with Crippen LogP contribution in [0, 0.1) is 0 Å². The van der Waals surface area contributed by atoms with Crippen molar-refractivity contribution in [3.8, 4) is 5.69 Å². The molecule has 0 atom stereocenters. The number of piperidine rings is 1. The second-order valence-corrected chi connectivity index (χ2v) is 11.1. The van der Waals surface area contributed by atoms with Crippen molar-refractivity contribution in [2.24, 2.45) is 0 Å². The first-order valence-electron chi connectivity index (χ1n) is 15.3. The fourth-order valence-corrected chi connectivity index (χ4v) is 5.45. The molecule has 0 unspecified atom stereocenters. The smallest absolute Gasteiger partial charge is 0.321 e. The first-order valence-corrected chi connectivity index (χ1v) is 15.3. The molecule has 1 saturated heterocycles. The van der Waals surface area contributed by atoms with Crippen molar-refractivity contribution in [1.29, 1.82) is 0 Å². The third kappa shape index (κ3) is 6.94. The second-order valence-electron chi connectivity index (χ2n) is 11.1. The molecule has 0 radical (unpaired) electrons. The van der Waals surface area contributed by atoms with Gasteiger partial charge in [-0.05, 0) is 74.0 Å². The van der Waals surface area contributed by atoms with E-state index in [1.54, 1.807) is 4.57 Å². The van der Waals surface area contributed by atoms with E-state index in [9.17, 15) is 13.6 Å². The van der Waals surface area contributed by atoms with E-state index in [4.69, 9.17) is 0 Å². The van der Waals surface area contributed by atoms with Crippen LogP contribution in [-0.2, 0) is 13.0 Å². The van der Waals surface area contributed by atoms with E-state index in [0.717, 1.165) is 60.0 Å². The van der Waals surface area contributed by atoms with Gasteiger partial charge in [0, 0.05) is 35.9 Å². The van der Waals surface area contributed by atoms with Crippen LogP contribution in [0.2, 0.25) is 0 Å². The Bertz CT molecular complexity index is 1470. The molecule has 3 aliphatic rings. The quantitative estimate of drug-likeness (QED) is 0.255. The Morgan fingerprint density at radius 1 is 1.00 bits per heavy atom. The third-order valence-corrected chi connectivity index (χ3v) is 8.15. The summed E-state index contributed by atoms with van der Waals surface area (Å²) in [7, 11) is 0. The highest BCUT2D eigenvalue weighted by Gasteiger charge is 2.28. The number of halogens is 2. The highest BCUT2D eigenvalue weighted by molar-refractivity contribution is 5.84. The molecular weight excluding hydrogens is 522 g/mol. The van der Waals surface area contributed by atoms with Crippen LogP contribution in [0.25, 0.3) is 16.6 Å². The predicted molar refractivity (Wildman–Crippen MR) is 159 cm³/mol. The van der Waals surface area contributed by atoms with Crippen LogP contribution in [-0.4, -0.2) is 42.3 Å². The Balaban J connectivity index is 0.000000510. The Morgan fingerprint density at radius 2 is 1.71 bits per heavy atom. The summed E-state index contributed by atoms with van der Waals surface area (Å²) in [5.41, 5.74) is 4.33. The van der Waals surface area contributed by atoms with Gasteiger partial charge in [-0.3, -0.25) is 18.8 Å². The second kappa shape index (κ2) is 13.6. The number of likely N-dealkylation sites (tertiary alicyclic amines) is 1. The Hall–Kier alpha value is -3.33. The van der Waals surface area contributed by atoms with Crippen LogP contribution in [0.3, 0.4) is 0 Å². The van der Waals surface area contributed by atoms with Crippen molar-refractivity contribution in [3.63, 3.8) is 0 Å². The first kappa shape index (κ1) is 29.2. The number of H-pyrrole nitrogens is 1. The monoisotopic (exact) mass is 564 g/mol. The van der Waals surface area contributed by atoms with E-state index in [1.807, 2.05) is 44.3 Å². The number of pyridine rings is 1. The highest BCUT2D eigenvalue weighted by atomic mass is 19.3. The van der Waals surface area contributed by atoms with Crippen molar-refractivity contribution < 1.29 is 8.78 Å². The van der Waals surface area contributed by atoms with E-state index >= 15 is 0 Å². The maximum absolute atomic E-state index is 13.6. The van der Waals surface area contributed by atoms with Gasteiger partial charge in [0.2, 0.25) is 0 Å². The number of nitrogens with one attached hydrogen (secondary N) is 1. The minimum Gasteiger partial charge on any atom is -0.353 e. The molecule has 0 bridgehead atoms. The number of alkyl halides is 2. The van der Waals surface area contributed by atoms with Gasteiger partial charge in [-0.15, -0.1) is 10.2 Å². The lowest BCUT2D eigenvalue weighted by Crippen LogP contribution is -2.29. The molecule has 2 saturated carbocycles. The maximum atomic E-state index is 13.6. The van der Waals surface area contributed by atoms with Gasteiger partial charge < -0.3 is 4.98 Å². The molecule has 1 N–H and O–H groups in total. The van der Waals surface area contributed by atoms with Crippen LogP contribution in [0.15, 0.2) is 47.7 Å². The van der Waals surface area contributed by atoms with Gasteiger partial charge in [0.1, 0.15) is 17.7 Å². The van der Waals surface area contributed by atoms with Crippen molar-refractivity contribution in [3.05, 3.63) is 75.9 Å². The lowest BCUT2D eigenvalue weighted by molar-refractivity contribution is 0.0670. The normalized spacial score (nSPS) is 17.0. The zero-order valence-electron chi connectivity index (χ0n) is 24.3. The average Bonchev–Trinajstić information content (AvgIpc) is 3.53. The molecule has 3 fully saturated rings. The van der Waals surface area contributed by atoms with Crippen molar-refractivity contribution in [1.82, 2.24) is 29.2 Å². The SMILES string of the molecule is C1CCC1.CC.O=c1c2[nH]c(CN3CCCCC3)cc2c(C2CC2)cn1-c1cccc(Cc2nncn2C(F)F)c1. The van der Waals surface area contributed by atoms with Crippen molar-refractivity contribution in [2.45, 2.75) is 97.1 Å². The molecule has 4 heterocycles. The summed E-state index contributed by atoms with van der Waals surface area (Å²) in [4.78, 5) is 19.5. The van der Waals surface area contributed by atoms with Gasteiger partial charge in [-0.1, -0.05) is 58.1 Å².